The highest BCUT2D eigenvalue weighted by molar-refractivity contribution is 7.89. The number of anilines is 1. The Morgan fingerprint density at radius 1 is 0.970 bits per heavy atom. The highest BCUT2D eigenvalue weighted by atomic mass is 35.5. The molecule has 6 nitrogen and oxygen atoms in total. The summed E-state index contributed by atoms with van der Waals surface area (Å²) in [6.07, 6.45) is -0.281. The SMILES string of the molecule is Cc1ccc(CN(C2CC(=O)N(c3ccccc3)C2=O)S(=O)(=O)c2cc(Cl)ccc2Cl)cc1. The lowest BCUT2D eigenvalue weighted by atomic mass is 10.1. The molecule has 33 heavy (non-hydrogen) atoms. The van der Waals surface area contributed by atoms with Crippen molar-refractivity contribution in [1.29, 1.82) is 0 Å². The number of rotatable bonds is 6. The van der Waals surface area contributed by atoms with E-state index in [1.54, 1.807) is 42.5 Å². The molecule has 1 atom stereocenters. The smallest absolute Gasteiger partial charge is 0.252 e. The van der Waals surface area contributed by atoms with Crippen LogP contribution in [0.5, 0.6) is 0 Å². The zero-order valence-corrected chi connectivity index (χ0v) is 19.9. The Morgan fingerprint density at radius 2 is 1.64 bits per heavy atom. The summed E-state index contributed by atoms with van der Waals surface area (Å²) in [6.45, 7) is 1.80. The Morgan fingerprint density at radius 3 is 2.30 bits per heavy atom. The van der Waals surface area contributed by atoms with Crippen LogP contribution in [0.25, 0.3) is 0 Å². The van der Waals surface area contributed by atoms with Crippen molar-refractivity contribution < 1.29 is 18.0 Å². The monoisotopic (exact) mass is 502 g/mol. The van der Waals surface area contributed by atoms with Crippen LogP contribution in [-0.4, -0.2) is 30.6 Å². The second kappa shape index (κ2) is 9.27. The number of para-hydroxylation sites is 1. The van der Waals surface area contributed by atoms with Crippen LogP contribution in [0.2, 0.25) is 10.0 Å². The molecule has 2 amide bonds. The number of hydrogen-bond acceptors (Lipinski definition) is 4. The van der Waals surface area contributed by atoms with Crippen molar-refractivity contribution in [1.82, 2.24) is 4.31 Å². The summed E-state index contributed by atoms with van der Waals surface area (Å²) in [4.78, 5) is 27.0. The molecule has 1 unspecified atom stereocenters. The number of sulfonamides is 1. The second-order valence-corrected chi connectivity index (χ2v) is 10.4. The van der Waals surface area contributed by atoms with Gasteiger partial charge in [-0.3, -0.25) is 9.59 Å². The Kier molecular flexibility index (Phi) is 6.59. The van der Waals surface area contributed by atoms with Crippen LogP contribution in [0.4, 0.5) is 5.69 Å². The molecule has 0 aliphatic carbocycles. The maximum Gasteiger partial charge on any atom is 0.252 e. The first-order chi connectivity index (χ1) is 15.7. The van der Waals surface area contributed by atoms with Gasteiger partial charge in [0.05, 0.1) is 17.1 Å². The fourth-order valence-corrected chi connectivity index (χ4v) is 6.04. The van der Waals surface area contributed by atoms with Gasteiger partial charge in [0.1, 0.15) is 10.9 Å². The third kappa shape index (κ3) is 4.68. The lowest BCUT2D eigenvalue weighted by Crippen LogP contribution is -2.45. The number of benzene rings is 3. The number of hydrogen-bond donors (Lipinski definition) is 0. The zero-order valence-electron chi connectivity index (χ0n) is 17.6. The fraction of sp³-hybridized carbons (Fsp3) is 0.167. The van der Waals surface area contributed by atoms with Gasteiger partial charge in [-0.05, 0) is 42.8 Å². The van der Waals surface area contributed by atoms with Crippen molar-refractivity contribution >= 4 is 50.7 Å². The number of aryl methyl sites for hydroxylation is 1. The average molecular weight is 503 g/mol. The number of nitrogens with zero attached hydrogens (tertiary/aromatic N) is 2. The lowest BCUT2D eigenvalue weighted by molar-refractivity contribution is -0.122. The molecule has 9 heteroatoms. The lowest BCUT2D eigenvalue weighted by Gasteiger charge is -2.27. The minimum atomic E-state index is -4.29. The van der Waals surface area contributed by atoms with Crippen molar-refractivity contribution in [2.24, 2.45) is 0 Å². The van der Waals surface area contributed by atoms with Crippen LogP contribution in [-0.2, 0) is 26.2 Å². The number of imide groups is 1. The minimum absolute atomic E-state index is 0.0232. The minimum Gasteiger partial charge on any atom is -0.274 e. The summed E-state index contributed by atoms with van der Waals surface area (Å²) in [7, 11) is -4.29. The van der Waals surface area contributed by atoms with Gasteiger partial charge in [0.25, 0.3) is 5.91 Å². The van der Waals surface area contributed by atoms with Gasteiger partial charge in [-0.2, -0.15) is 4.31 Å². The van der Waals surface area contributed by atoms with Crippen LogP contribution in [0.15, 0.2) is 77.7 Å². The van der Waals surface area contributed by atoms with Crippen molar-refractivity contribution in [2.75, 3.05) is 4.90 Å². The third-order valence-corrected chi connectivity index (χ3v) is 8.00. The quantitative estimate of drug-likeness (QED) is 0.452. The first kappa shape index (κ1) is 23.4. The summed E-state index contributed by atoms with van der Waals surface area (Å²) in [6, 6.07) is 18.6. The van der Waals surface area contributed by atoms with Crippen LogP contribution in [0.3, 0.4) is 0 Å². The number of carbonyl (C=O) groups excluding carboxylic acids is 2. The summed E-state index contributed by atoms with van der Waals surface area (Å²) >= 11 is 12.3. The van der Waals surface area contributed by atoms with E-state index in [0.29, 0.717) is 11.3 Å². The highest BCUT2D eigenvalue weighted by Crippen LogP contribution is 2.34. The van der Waals surface area contributed by atoms with Crippen molar-refractivity contribution in [2.45, 2.75) is 30.8 Å². The molecule has 0 saturated carbocycles. The van der Waals surface area contributed by atoms with Crippen LogP contribution < -0.4 is 4.90 Å². The molecule has 4 rings (SSSR count). The van der Waals surface area contributed by atoms with Crippen LogP contribution in [0.1, 0.15) is 17.5 Å². The Bertz CT molecular complexity index is 1310. The van der Waals surface area contributed by atoms with E-state index in [1.165, 1.54) is 18.2 Å². The summed E-state index contributed by atoms with van der Waals surface area (Å²) in [5, 5.41) is 0.165. The topological polar surface area (TPSA) is 74.8 Å². The molecule has 1 heterocycles. The van der Waals surface area contributed by atoms with Gasteiger partial charge in [-0.25, -0.2) is 13.3 Å². The predicted octanol–water partition coefficient (Wildman–Crippen LogP) is 4.82. The third-order valence-electron chi connectivity index (χ3n) is 5.42. The molecule has 3 aromatic rings. The van der Waals surface area contributed by atoms with Gasteiger partial charge in [0.15, 0.2) is 0 Å². The molecule has 0 aromatic heterocycles. The molecule has 0 N–H and O–H groups in total. The predicted molar refractivity (Wildman–Crippen MR) is 128 cm³/mol. The molecular formula is C24H20Cl2N2O4S. The van der Waals surface area contributed by atoms with E-state index >= 15 is 0 Å². The van der Waals surface area contributed by atoms with Gasteiger partial charge >= 0.3 is 0 Å². The fourth-order valence-electron chi connectivity index (χ4n) is 3.73. The Hall–Kier alpha value is -2.71. The molecule has 170 valence electrons. The van der Waals surface area contributed by atoms with Gasteiger partial charge in [0, 0.05) is 11.6 Å². The number of carbonyl (C=O) groups is 2. The van der Waals surface area contributed by atoms with E-state index in [1.807, 2.05) is 19.1 Å². The first-order valence-corrected chi connectivity index (χ1v) is 12.3. The van der Waals surface area contributed by atoms with Crippen LogP contribution in [0, 0.1) is 6.92 Å². The molecule has 1 saturated heterocycles. The molecule has 3 aromatic carbocycles. The summed E-state index contributed by atoms with van der Waals surface area (Å²) in [5.41, 5.74) is 2.07. The molecule has 1 aliphatic heterocycles. The van der Waals surface area contributed by atoms with E-state index in [0.717, 1.165) is 14.8 Å². The highest BCUT2D eigenvalue weighted by Gasteiger charge is 2.47. The van der Waals surface area contributed by atoms with E-state index in [-0.39, 0.29) is 27.9 Å². The Balaban J connectivity index is 1.79. The maximum absolute atomic E-state index is 13.8. The van der Waals surface area contributed by atoms with Crippen molar-refractivity contribution in [3.63, 3.8) is 0 Å². The molecule has 1 aliphatic rings. The zero-order chi connectivity index (χ0) is 23.8. The van der Waals surface area contributed by atoms with E-state index in [4.69, 9.17) is 23.2 Å². The Labute approximate surface area is 202 Å². The number of amides is 2. The standard InChI is InChI=1S/C24H20Cl2N2O4S/c1-16-7-9-17(10-8-16)15-27(33(31,32)22-13-18(25)11-12-20(22)26)21-14-23(29)28(24(21)30)19-5-3-2-4-6-19/h2-13,21H,14-15H2,1H3. The van der Waals surface area contributed by atoms with Gasteiger partial charge in [-0.1, -0.05) is 71.2 Å². The van der Waals surface area contributed by atoms with Crippen molar-refractivity contribution in [3.05, 3.63) is 94.0 Å². The van der Waals surface area contributed by atoms with E-state index in [9.17, 15) is 18.0 Å². The summed E-state index contributed by atoms with van der Waals surface area (Å²) in [5.74, 6) is -1.09. The largest absolute Gasteiger partial charge is 0.274 e. The summed E-state index contributed by atoms with van der Waals surface area (Å²) < 4.78 is 28.6. The van der Waals surface area contributed by atoms with E-state index < -0.39 is 27.9 Å². The molecule has 1 fully saturated rings. The molecule has 0 spiro atoms. The van der Waals surface area contributed by atoms with E-state index in [2.05, 4.69) is 0 Å². The van der Waals surface area contributed by atoms with Gasteiger partial charge in [-0.15, -0.1) is 0 Å². The molecule has 0 radical (unpaired) electrons. The normalized spacial score (nSPS) is 16.6. The molecule has 0 bridgehead atoms. The first-order valence-electron chi connectivity index (χ1n) is 10.1. The second-order valence-electron chi connectivity index (χ2n) is 7.73. The van der Waals surface area contributed by atoms with Gasteiger partial charge < -0.3 is 0 Å². The average Bonchev–Trinajstić information content (AvgIpc) is 3.08. The number of halogens is 2. The van der Waals surface area contributed by atoms with Crippen molar-refractivity contribution in [3.8, 4) is 0 Å². The molecular weight excluding hydrogens is 483 g/mol. The van der Waals surface area contributed by atoms with Gasteiger partial charge in [0.2, 0.25) is 15.9 Å². The maximum atomic E-state index is 13.8. The van der Waals surface area contributed by atoms with Crippen LogP contribution >= 0.6 is 23.2 Å².